The molecule has 5 heteroatoms. The lowest BCUT2D eigenvalue weighted by atomic mass is 10.2. The number of carbonyl (C=O) groups excluding carboxylic acids is 1. The summed E-state index contributed by atoms with van der Waals surface area (Å²) in [5.74, 6) is 0. The largest absolute Gasteiger partial charge is 0.335 e. The van der Waals surface area contributed by atoms with Gasteiger partial charge in [-0.1, -0.05) is 18.2 Å². The Kier molecular flexibility index (Phi) is 3.18. The molecule has 1 aliphatic carbocycles. The minimum atomic E-state index is -0.129. The highest BCUT2D eigenvalue weighted by Gasteiger charge is 2.23. The van der Waals surface area contributed by atoms with Crippen molar-refractivity contribution in [3.8, 4) is 0 Å². The van der Waals surface area contributed by atoms with E-state index in [4.69, 9.17) is 0 Å². The van der Waals surface area contributed by atoms with Crippen molar-refractivity contribution >= 4 is 11.7 Å². The lowest BCUT2D eigenvalue weighted by Gasteiger charge is -2.11. The Morgan fingerprint density at radius 1 is 1.32 bits per heavy atom. The topological polar surface area (TPSA) is 59.0 Å². The van der Waals surface area contributed by atoms with Gasteiger partial charge in [0.1, 0.15) is 0 Å². The Balaban J connectivity index is 1.71. The number of nitrogens with one attached hydrogen (secondary N) is 2. The van der Waals surface area contributed by atoms with E-state index < -0.39 is 0 Å². The van der Waals surface area contributed by atoms with E-state index in [-0.39, 0.29) is 6.03 Å². The maximum Gasteiger partial charge on any atom is 0.319 e. The molecule has 1 heterocycles. The number of para-hydroxylation sites is 1. The molecule has 0 atom stereocenters. The highest BCUT2D eigenvalue weighted by Crippen LogP contribution is 2.20. The summed E-state index contributed by atoms with van der Waals surface area (Å²) in [6.45, 7) is 0.646. The number of aromatic nitrogens is 2. The summed E-state index contributed by atoms with van der Waals surface area (Å²) < 4.78 is 1.83. The molecule has 1 aromatic carbocycles. The van der Waals surface area contributed by atoms with Gasteiger partial charge in [-0.3, -0.25) is 4.68 Å². The first-order valence-corrected chi connectivity index (χ1v) is 6.44. The van der Waals surface area contributed by atoms with Crippen LogP contribution in [0.15, 0.2) is 42.7 Å². The molecule has 0 radical (unpaired) electrons. The number of amides is 2. The van der Waals surface area contributed by atoms with Crippen molar-refractivity contribution in [3.05, 3.63) is 48.3 Å². The van der Waals surface area contributed by atoms with E-state index in [0.717, 1.165) is 24.1 Å². The second-order valence-corrected chi connectivity index (χ2v) is 4.73. The molecule has 0 bridgehead atoms. The van der Waals surface area contributed by atoms with Crippen molar-refractivity contribution in [2.75, 3.05) is 5.32 Å². The number of nitrogens with zero attached hydrogens (tertiary/aromatic N) is 2. The minimum absolute atomic E-state index is 0.129. The number of anilines is 1. The van der Waals surface area contributed by atoms with Gasteiger partial charge in [-0.15, -0.1) is 0 Å². The first-order valence-electron chi connectivity index (χ1n) is 6.44. The fourth-order valence-corrected chi connectivity index (χ4v) is 1.92. The molecule has 98 valence electrons. The molecule has 19 heavy (non-hydrogen) atoms. The van der Waals surface area contributed by atoms with Crippen LogP contribution in [-0.4, -0.2) is 21.9 Å². The van der Waals surface area contributed by atoms with Crippen molar-refractivity contribution in [1.29, 1.82) is 0 Å². The summed E-state index contributed by atoms with van der Waals surface area (Å²) in [6, 6.07) is 9.89. The molecule has 2 N–H and O–H groups in total. The van der Waals surface area contributed by atoms with Gasteiger partial charge in [0.2, 0.25) is 0 Å². The van der Waals surface area contributed by atoms with Gasteiger partial charge in [0.05, 0.1) is 6.54 Å². The van der Waals surface area contributed by atoms with Crippen LogP contribution in [0.4, 0.5) is 10.5 Å². The Morgan fingerprint density at radius 2 is 2.16 bits per heavy atom. The molecule has 0 spiro atoms. The lowest BCUT2D eigenvalue weighted by Crippen LogP contribution is -2.30. The molecule has 1 saturated carbocycles. The quantitative estimate of drug-likeness (QED) is 0.881. The molecule has 5 nitrogen and oxygen atoms in total. The number of urea groups is 1. The summed E-state index contributed by atoms with van der Waals surface area (Å²) >= 11 is 0. The van der Waals surface area contributed by atoms with Gasteiger partial charge in [-0.2, -0.15) is 5.10 Å². The van der Waals surface area contributed by atoms with Crippen molar-refractivity contribution in [2.24, 2.45) is 0 Å². The standard InChI is InChI=1S/C14H16N4O/c19-14(16-12-6-7-12)17-13-5-2-1-4-11(13)10-18-9-3-8-15-18/h1-5,8-9,12H,6-7,10H2,(H2,16,17,19). The normalized spacial score (nSPS) is 14.1. The highest BCUT2D eigenvalue weighted by atomic mass is 16.2. The Labute approximate surface area is 111 Å². The molecular weight excluding hydrogens is 240 g/mol. The molecular formula is C14H16N4O. The molecule has 0 unspecified atom stereocenters. The van der Waals surface area contributed by atoms with E-state index >= 15 is 0 Å². The lowest BCUT2D eigenvalue weighted by molar-refractivity contribution is 0.251. The van der Waals surface area contributed by atoms with Crippen LogP contribution >= 0.6 is 0 Å². The van der Waals surface area contributed by atoms with E-state index in [9.17, 15) is 4.79 Å². The predicted molar refractivity (Wildman–Crippen MR) is 72.9 cm³/mol. The van der Waals surface area contributed by atoms with Crippen LogP contribution in [0, 0.1) is 0 Å². The van der Waals surface area contributed by atoms with Crippen LogP contribution in [0.25, 0.3) is 0 Å². The second-order valence-electron chi connectivity index (χ2n) is 4.73. The Hall–Kier alpha value is -2.30. The maximum atomic E-state index is 11.8. The molecule has 2 aromatic rings. The molecule has 3 rings (SSSR count). The van der Waals surface area contributed by atoms with Gasteiger partial charge in [-0.25, -0.2) is 4.79 Å². The zero-order chi connectivity index (χ0) is 13.1. The monoisotopic (exact) mass is 256 g/mol. The first kappa shape index (κ1) is 11.8. The van der Waals surface area contributed by atoms with Crippen LogP contribution in [0.5, 0.6) is 0 Å². The molecule has 0 aliphatic heterocycles. The van der Waals surface area contributed by atoms with Gasteiger partial charge in [0, 0.05) is 24.1 Å². The SMILES string of the molecule is O=C(Nc1ccccc1Cn1cccn1)NC1CC1. The van der Waals surface area contributed by atoms with Crippen LogP contribution < -0.4 is 10.6 Å². The van der Waals surface area contributed by atoms with Crippen molar-refractivity contribution in [3.63, 3.8) is 0 Å². The van der Waals surface area contributed by atoms with E-state index in [2.05, 4.69) is 15.7 Å². The van der Waals surface area contributed by atoms with Gasteiger partial charge in [0.25, 0.3) is 0 Å². The van der Waals surface area contributed by atoms with Crippen LogP contribution in [0.3, 0.4) is 0 Å². The van der Waals surface area contributed by atoms with Crippen molar-refractivity contribution < 1.29 is 4.79 Å². The average molecular weight is 256 g/mol. The minimum Gasteiger partial charge on any atom is -0.335 e. The van der Waals surface area contributed by atoms with Gasteiger partial charge < -0.3 is 10.6 Å². The molecule has 2 amide bonds. The summed E-state index contributed by atoms with van der Waals surface area (Å²) in [5.41, 5.74) is 1.87. The number of rotatable bonds is 4. The third-order valence-electron chi connectivity index (χ3n) is 3.07. The number of carbonyl (C=O) groups is 1. The van der Waals surface area contributed by atoms with E-state index in [1.807, 2.05) is 41.2 Å². The first-order chi connectivity index (χ1) is 9.31. The van der Waals surface area contributed by atoms with Gasteiger partial charge in [0.15, 0.2) is 0 Å². The number of hydrogen-bond donors (Lipinski definition) is 2. The van der Waals surface area contributed by atoms with Gasteiger partial charge >= 0.3 is 6.03 Å². The third-order valence-corrected chi connectivity index (χ3v) is 3.07. The number of hydrogen-bond acceptors (Lipinski definition) is 2. The summed E-state index contributed by atoms with van der Waals surface area (Å²) in [5, 5.41) is 10.00. The van der Waals surface area contributed by atoms with Crippen LogP contribution in [0.1, 0.15) is 18.4 Å². The van der Waals surface area contributed by atoms with Crippen molar-refractivity contribution in [1.82, 2.24) is 15.1 Å². The van der Waals surface area contributed by atoms with Crippen LogP contribution in [-0.2, 0) is 6.54 Å². The second kappa shape index (κ2) is 5.14. The highest BCUT2D eigenvalue weighted by molar-refractivity contribution is 5.90. The average Bonchev–Trinajstić information content (AvgIpc) is 3.05. The maximum absolute atomic E-state index is 11.8. The van der Waals surface area contributed by atoms with E-state index in [1.54, 1.807) is 6.20 Å². The molecule has 1 aliphatic rings. The Bertz CT molecular complexity index is 561. The predicted octanol–water partition coefficient (Wildman–Crippen LogP) is 2.22. The van der Waals surface area contributed by atoms with Crippen LogP contribution in [0.2, 0.25) is 0 Å². The number of benzene rings is 1. The molecule has 0 saturated heterocycles. The summed E-state index contributed by atoms with van der Waals surface area (Å²) in [7, 11) is 0. The summed E-state index contributed by atoms with van der Waals surface area (Å²) in [4.78, 5) is 11.8. The zero-order valence-corrected chi connectivity index (χ0v) is 10.5. The fourth-order valence-electron chi connectivity index (χ4n) is 1.92. The third kappa shape index (κ3) is 3.13. The zero-order valence-electron chi connectivity index (χ0n) is 10.5. The van der Waals surface area contributed by atoms with Gasteiger partial charge in [-0.05, 0) is 30.5 Å². The van der Waals surface area contributed by atoms with E-state index in [1.165, 1.54) is 0 Å². The van der Waals surface area contributed by atoms with Crippen molar-refractivity contribution in [2.45, 2.75) is 25.4 Å². The summed E-state index contributed by atoms with van der Waals surface area (Å²) in [6.07, 6.45) is 5.82. The Morgan fingerprint density at radius 3 is 2.89 bits per heavy atom. The molecule has 1 fully saturated rings. The fraction of sp³-hybridized carbons (Fsp3) is 0.286. The van der Waals surface area contributed by atoms with E-state index in [0.29, 0.717) is 12.6 Å². The molecule has 1 aromatic heterocycles. The smallest absolute Gasteiger partial charge is 0.319 e.